The van der Waals surface area contributed by atoms with Crippen LogP contribution < -0.4 is 15.4 Å². The molecule has 0 aliphatic carbocycles. The smallest absolute Gasteiger partial charge is 0.255 e. The van der Waals surface area contributed by atoms with Gasteiger partial charge in [0.15, 0.2) is 0 Å². The molecule has 1 atom stereocenters. The molecular formula is C30H31N5O2S. The fourth-order valence-corrected chi connectivity index (χ4v) is 5.08. The van der Waals surface area contributed by atoms with Crippen LogP contribution in [0.15, 0.2) is 95.3 Å². The molecule has 0 saturated carbocycles. The van der Waals surface area contributed by atoms with E-state index in [1.165, 1.54) is 0 Å². The predicted octanol–water partition coefficient (Wildman–Crippen LogP) is 6.60. The van der Waals surface area contributed by atoms with Crippen LogP contribution >= 0.6 is 11.8 Å². The zero-order valence-electron chi connectivity index (χ0n) is 21.8. The third-order valence-electron chi connectivity index (χ3n) is 6.23. The van der Waals surface area contributed by atoms with Gasteiger partial charge in [-0.15, -0.1) is 5.10 Å². The fraction of sp³-hybridized carbons (Fsp3) is 0.233. The van der Waals surface area contributed by atoms with E-state index in [4.69, 9.17) is 14.8 Å². The number of nitrogens with zero attached hydrogens (tertiary/aromatic N) is 3. The Morgan fingerprint density at radius 1 is 1.05 bits per heavy atom. The summed E-state index contributed by atoms with van der Waals surface area (Å²) < 4.78 is 7.81. The number of thioether (sulfide) groups is 1. The molecule has 1 aromatic heterocycles. The van der Waals surface area contributed by atoms with Crippen molar-refractivity contribution >= 4 is 29.3 Å². The van der Waals surface area contributed by atoms with Crippen molar-refractivity contribution in [3.8, 4) is 5.75 Å². The Hall–Kier alpha value is -4.04. The molecule has 1 amide bonds. The first-order chi connectivity index (χ1) is 18.5. The summed E-state index contributed by atoms with van der Waals surface area (Å²) >= 11 is 1.61. The molecule has 2 heterocycles. The lowest BCUT2D eigenvalue weighted by molar-refractivity contribution is -0.113. The van der Waals surface area contributed by atoms with Gasteiger partial charge in [0.05, 0.1) is 5.57 Å². The molecule has 0 spiro atoms. The Labute approximate surface area is 227 Å². The number of anilines is 2. The molecule has 4 aromatic rings. The standard InChI is InChI=1S/C30H31N5O2S/c1-4-17-38-30-33-29-31-21(3)26(28(36)32-24-12-8-9-20(2)18-24)27(35(29)34-30)23-13-15-25(16-14-23)37-19-22-10-6-5-7-11-22/h5-16,18,27H,4,17,19H2,1-3H3,(H,32,36)(H,31,33,34). The number of aryl methyl sites for hydroxylation is 1. The minimum Gasteiger partial charge on any atom is -0.489 e. The summed E-state index contributed by atoms with van der Waals surface area (Å²) in [5, 5.41) is 11.9. The van der Waals surface area contributed by atoms with Gasteiger partial charge in [-0.2, -0.15) is 4.98 Å². The fourth-order valence-electron chi connectivity index (χ4n) is 4.40. The number of amides is 1. The first-order valence-corrected chi connectivity index (χ1v) is 13.7. The second-order valence-electron chi connectivity index (χ2n) is 9.24. The number of carbonyl (C=O) groups is 1. The van der Waals surface area contributed by atoms with Crippen LogP contribution in [-0.4, -0.2) is 26.4 Å². The van der Waals surface area contributed by atoms with Gasteiger partial charge >= 0.3 is 0 Å². The Balaban J connectivity index is 1.46. The molecule has 0 fully saturated rings. The summed E-state index contributed by atoms with van der Waals surface area (Å²) in [6.07, 6.45) is 1.03. The molecule has 0 saturated heterocycles. The predicted molar refractivity (Wildman–Crippen MR) is 153 cm³/mol. The van der Waals surface area contributed by atoms with Crippen LogP contribution in [0.5, 0.6) is 5.75 Å². The summed E-state index contributed by atoms with van der Waals surface area (Å²) in [6.45, 7) is 6.53. The van der Waals surface area contributed by atoms with Crippen LogP contribution in [0, 0.1) is 6.92 Å². The Morgan fingerprint density at radius 3 is 2.58 bits per heavy atom. The minimum absolute atomic E-state index is 0.182. The molecule has 5 rings (SSSR count). The average molecular weight is 526 g/mol. The van der Waals surface area contributed by atoms with Crippen LogP contribution in [-0.2, 0) is 11.4 Å². The largest absolute Gasteiger partial charge is 0.489 e. The maximum Gasteiger partial charge on any atom is 0.255 e. The highest BCUT2D eigenvalue weighted by molar-refractivity contribution is 7.99. The topological polar surface area (TPSA) is 81.1 Å². The van der Waals surface area contributed by atoms with Crippen molar-refractivity contribution < 1.29 is 9.53 Å². The second kappa shape index (κ2) is 11.6. The second-order valence-corrected chi connectivity index (χ2v) is 10.3. The van der Waals surface area contributed by atoms with Gasteiger partial charge in [0.2, 0.25) is 11.1 Å². The van der Waals surface area contributed by atoms with E-state index in [9.17, 15) is 4.79 Å². The van der Waals surface area contributed by atoms with Crippen molar-refractivity contribution in [3.63, 3.8) is 0 Å². The summed E-state index contributed by atoms with van der Waals surface area (Å²) in [5.41, 5.74) is 5.19. The molecular weight excluding hydrogens is 494 g/mol. The van der Waals surface area contributed by atoms with E-state index in [0.29, 0.717) is 23.3 Å². The first kappa shape index (κ1) is 25.6. The number of fused-ring (bicyclic) bond motifs is 1. The number of ether oxygens (including phenoxy) is 1. The zero-order valence-corrected chi connectivity index (χ0v) is 22.6. The molecule has 1 aliphatic heterocycles. The van der Waals surface area contributed by atoms with Crippen molar-refractivity contribution in [3.05, 3.63) is 107 Å². The van der Waals surface area contributed by atoms with Gasteiger partial charge in [-0.05, 0) is 61.2 Å². The van der Waals surface area contributed by atoms with Gasteiger partial charge in [-0.25, -0.2) is 4.68 Å². The summed E-state index contributed by atoms with van der Waals surface area (Å²) in [5.74, 6) is 2.13. The SMILES string of the molecule is CCCSc1nc2n(n1)C(c1ccc(OCc3ccccc3)cc1)C(C(=O)Nc1cccc(C)c1)=C(C)N2. The Bertz CT molecular complexity index is 1450. The number of hydrogen-bond donors (Lipinski definition) is 2. The number of hydrogen-bond acceptors (Lipinski definition) is 6. The highest BCUT2D eigenvalue weighted by Crippen LogP contribution is 2.37. The molecule has 194 valence electrons. The van der Waals surface area contributed by atoms with Crippen molar-refractivity contribution in [2.45, 2.75) is 45.0 Å². The number of benzene rings is 3. The van der Waals surface area contributed by atoms with Gasteiger partial charge in [-0.3, -0.25) is 4.79 Å². The number of rotatable bonds is 9. The number of nitrogens with one attached hydrogen (secondary N) is 2. The average Bonchev–Trinajstić information content (AvgIpc) is 3.33. The minimum atomic E-state index is -0.442. The molecule has 0 radical (unpaired) electrons. The maximum absolute atomic E-state index is 13.7. The van der Waals surface area contributed by atoms with Crippen LogP contribution in [0.1, 0.15) is 43.0 Å². The van der Waals surface area contributed by atoms with E-state index in [1.54, 1.807) is 11.8 Å². The molecule has 2 N–H and O–H groups in total. The third-order valence-corrected chi connectivity index (χ3v) is 7.28. The van der Waals surface area contributed by atoms with Crippen molar-refractivity contribution in [1.82, 2.24) is 14.8 Å². The van der Waals surface area contributed by atoms with Gasteiger partial charge < -0.3 is 15.4 Å². The number of allylic oxidation sites excluding steroid dienone is 1. The third kappa shape index (κ3) is 5.75. The molecule has 8 heteroatoms. The van der Waals surface area contributed by atoms with E-state index in [2.05, 4.69) is 17.6 Å². The Morgan fingerprint density at radius 2 is 1.84 bits per heavy atom. The maximum atomic E-state index is 13.7. The lowest BCUT2D eigenvalue weighted by Crippen LogP contribution is -2.31. The van der Waals surface area contributed by atoms with Gasteiger partial charge in [0.25, 0.3) is 5.91 Å². The van der Waals surface area contributed by atoms with E-state index >= 15 is 0 Å². The number of aromatic nitrogens is 3. The molecule has 1 aliphatic rings. The van der Waals surface area contributed by atoms with E-state index in [-0.39, 0.29) is 5.91 Å². The monoisotopic (exact) mass is 525 g/mol. The lowest BCUT2D eigenvalue weighted by Gasteiger charge is -2.28. The normalized spacial score (nSPS) is 14.6. The summed E-state index contributed by atoms with van der Waals surface area (Å²) in [6, 6.07) is 25.3. The van der Waals surface area contributed by atoms with Crippen LogP contribution in [0.2, 0.25) is 0 Å². The van der Waals surface area contributed by atoms with Crippen LogP contribution in [0.3, 0.4) is 0 Å². The van der Waals surface area contributed by atoms with Gasteiger partial charge in [0, 0.05) is 17.1 Å². The highest BCUT2D eigenvalue weighted by Gasteiger charge is 2.34. The van der Waals surface area contributed by atoms with E-state index < -0.39 is 6.04 Å². The molecule has 0 bridgehead atoms. The zero-order chi connectivity index (χ0) is 26.5. The molecule has 7 nitrogen and oxygen atoms in total. The van der Waals surface area contributed by atoms with Crippen molar-refractivity contribution in [1.29, 1.82) is 0 Å². The summed E-state index contributed by atoms with van der Waals surface area (Å²) in [4.78, 5) is 18.4. The van der Waals surface area contributed by atoms with Crippen molar-refractivity contribution in [2.75, 3.05) is 16.4 Å². The molecule has 3 aromatic carbocycles. The van der Waals surface area contributed by atoms with Crippen LogP contribution in [0.25, 0.3) is 0 Å². The lowest BCUT2D eigenvalue weighted by atomic mass is 9.95. The number of carbonyl (C=O) groups excluding carboxylic acids is 1. The van der Waals surface area contributed by atoms with E-state index in [1.807, 2.05) is 97.4 Å². The summed E-state index contributed by atoms with van der Waals surface area (Å²) in [7, 11) is 0. The molecule has 1 unspecified atom stereocenters. The van der Waals surface area contributed by atoms with Crippen LogP contribution in [0.4, 0.5) is 11.6 Å². The van der Waals surface area contributed by atoms with Gasteiger partial charge in [0.1, 0.15) is 18.4 Å². The molecule has 38 heavy (non-hydrogen) atoms. The highest BCUT2D eigenvalue weighted by atomic mass is 32.2. The van der Waals surface area contributed by atoms with Gasteiger partial charge in [-0.1, -0.05) is 73.3 Å². The first-order valence-electron chi connectivity index (χ1n) is 12.7. The quantitative estimate of drug-likeness (QED) is 0.240. The van der Waals surface area contributed by atoms with Crippen molar-refractivity contribution in [2.24, 2.45) is 0 Å². The Kier molecular flexibility index (Phi) is 7.79. The van der Waals surface area contributed by atoms with E-state index in [0.717, 1.165) is 46.0 Å².